The van der Waals surface area contributed by atoms with Crippen LogP contribution in [0.5, 0.6) is 5.75 Å². The molecule has 1 atom stereocenters. The highest BCUT2D eigenvalue weighted by Crippen LogP contribution is 2.22. The molecule has 2 aromatic carbocycles. The first-order valence-electron chi connectivity index (χ1n) is 9.30. The number of carbonyl (C=O) groups excluding carboxylic acids is 2. The number of carbonyl (C=O) groups is 2. The molecule has 142 valence electrons. The lowest BCUT2D eigenvalue weighted by Gasteiger charge is -2.32. The summed E-state index contributed by atoms with van der Waals surface area (Å²) in [6.07, 6.45) is 1.57. The Morgan fingerprint density at radius 1 is 1.07 bits per heavy atom. The first-order chi connectivity index (χ1) is 13.2. The van der Waals surface area contributed by atoms with Crippen molar-refractivity contribution < 1.29 is 14.3 Å². The van der Waals surface area contributed by atoms with E-state index in [1.165, 1.54) is 0 Å². The Hall–Kier alpha value is -3.02. The van der Waals surface area contributed by atoms with Gasteiger partial charge in [0.2, 0.25) is 5.91 Å². The minimum absolute atomic E-state index is 0.0686. The van der Waals surface area contributed by atoms with Gasteiger partial charge in [0.25, 0.3) is 0 Å². The number of ether oxygens (including phenoxy) is 1. The Bertz CT molecular complexity index is 779. The van der Waals surface area contributed by atoms with Crippen LogP contribution < -0.4 is 15.4 Å². The third kappa shape index (κ3) is 5.23. The number of benzene rings is 2. The average molecular weight is 367 g/mol. The van der Waals surface area contributed by atoms with Gasteiger partial charge in [-0.05, 0) is 44.0 Å². The summed E-state index contributed by atoms with van der Waals surface area (Å²) in [7, 11) is 0. The third-order valence-electron chi connectivity index (χ3n) is 4.52. The van der Waals surface area contributed by atoms with E-state index in [4.69, 9.17) is 4.74 Å². The summed E-state index contributed by atoms with van der Waals surface area (Å²) in [6.45, 7) is 3.56. The SMILES string of the molecule is CCOc1cccc(NC(=O)C2CCCN(C(=O)Nc3ccccc3)C2)c1. The van der Waals surface area contributed by atoms with Crippen LogP contribution in [0.4, 0.5) is 16.2 Å². The van der Waals surface area contributed by atoms with Crippen LogP contribution in [0.15, 0.2) is 54.6 Å². The van der Waals surface area contributed by atoms with Gasteiger partial charge in [0.1, 0.15) is 5.75 Å². The summed E-state index contributed by atoms with van der Waals surface area (Å²) >= 11 is 0. The fourth-order valence-electron chi connectivity index (χ4n) is 3.17. The zero-order valence-corrected chi connectivity index (χ0v) is 15.5. The van der Waals surface area contributed by atoms with Crippen molar-refractivity contribution in [2.75, 3.05) is 30.3 Å². The van der Waals surface area contributed by atoms with Crippen molar-refractivity contribution in [2.45, 2.75) is 19.8 Å². The normalized spacial score (nSPS) is 16.5. The lowest BCUT2D eigenvalue weighted by molar-refractivity contribution is -0.121. The van der Waals surface area contributed by atoms with Gasteiger partial charge in [0, 0.05) is 30.5 Å². The monoisotopic (exact) mass is 367 g/mol. The smallest absolute Gasteiger partial charge is 0.321 e. The van der Waals surface area contributed by atoms with E-state index in [1.54, 1.807) is 4.90 Å². The number of rotatable bonds is 5. The molecule has 0 aliphatic carbocycles. The number of hydrogen-bond donors (Lipinski definition) is 2. The molecule has 1 saturated heterocycles. The highest BCUT2D eigenvalue weighted by Gasteiger charge is 2.28. The van der Waals surface area contributed by atoms with Crippen molar-refractivity contribution in [3.63, 3.8) is 0 Å². The summed E-state index contributed by atoms with van der Waals surface area (Å²) in [6, 6.07) is 16.5. The number of nitrogens with zero attached hydrogens (tertiary/aromatic N) is 1. The fourth-order valence-corrected chi connectivity index (χ4v) is 3.17. The molecule has 0 bridgehead atoms. The van der Waals surface area contributed by atoms with Crippen molar-refractivity contribution in [3.05, 3.63) is 54.6 Å². The van der Waals surface area contributed by atoms with Crippen molar-refractivity contribution in [3.8, 4) is 5.75 Å². The van der Waals surface area contributed by atoms with E-state index < -0.39 is 0 Å². The number of nitrogens with one attached hydrogen (secondary N) is 2. The zero-order valence-electron chi connectivity index (χ0n) is 15.5. The van der Waals surface area contributed by atoms with E-state index in [2.05, 4.69) is 10.6 Å². The quantitative estimate of drug-likeness (QED) is 0.840. The molecule has 1 fully saturated rings. The van der Waals surface area contributed by atoms with E-state index in [9.17, 15) is 9.59 Å². The van der Waals surface area contributed by atoms with E-state index >= 15 is 0 Å². The van der Waals surface area contributed by atoms with Gasteiger partial charge in [-0.3, -0.25) is 4.79 Å². The average Bonchev–Trinajstić information content (AvgIpc) is 2.69. The van der Waals surface area contributed by atoms with Crippen LogP contribution >= 0.6 is 0 Å². The predicted octanol–water partition coefficient (Wildman–Crippen LogP) is 3.97. The number of amides is 3. The molecule has 6 heteroatoms. The van der Waals surface area contributed by atoms with Gasteiger partial charge < -0.3 is 20.3 Å². The largest absolute Gasteiger partial charge is 0.494 e. The molecule has 2 aromatic rings. The van der Waals surface area contributed by atoms with Gasteiger partial charge >= 0.3 is 6.03 Å². The number of piperidine rings is 1. The maximum Gasteiger partial charge on any atom is 0.321 e. The fraction of sp³-hybridized carbons (Fsp3) is 0.333. The van der Waals surface area contributed by atoms with Crippen molar-refractivity contribution in [1.29, 1.82) is 0 Å². The van der Waals surface area contributed by atoms with Crippen LogP contribution in [0.1, 0.15) is 19.8 Å². The van der Waals surface area contributed by atoms with E-state index in [0.29, 0.717) is 25.4 Å². The second-order valence-electron chi connectivity index (χ2n) is 6.53. The minimum atomic E-state index is -0.226. The van der Waals surface area contributed by atoms with Crippen LogP contribution in [0.3, 0.4) is 0 Å². The Balaban J connectivity index is 1.57. The minimum Gasteiger partial charge on any atom is -0.494 e. The molecule has 6 nitrogen and oxygen atoms in total. The third-order valence-corrected chi connectivity index (χ3v) is 4.52. The van der Waals surface area contributed by atoms with Crippen molar-refractivity contribution >= 4 is 23.3 Å². The summed E-state index contributed by atoms with van der Waals surface area (Å²) in [4.78, 5) is 26.8. The Labute approximate surface area is 159 Å². The molecule has 1 unspecified atom stereocenters. The lowest BCUT2D eigenvalue weighted by atomic mass is 9.97. The summed E-state index contributed by atoms with van der Waals surface area (Å²) in [5.41, 5.74) is 1.46. The maximum atomic E-state index is 12.7. The van der Waals surface area contributed by atoms with Crippen molar-refractivity contribution in [2.24, 2.45) is 5.92 Å². The first-order valence-corrected chi connectivity index (χ1v) is 9.30. The number of anilines is 2. The second-order valence-corrected chi connectivity index (χ2v) is 6.53. The van der Waals surface area contributed by atoms with Crippen LogP contribution in [0.2, 0.25) is 0 Å². The van der Waals surface area contributed by atoms with Crippen molar-refractivity contribution in [1.82, 2.24) is 4.90 Å². The van der Waals surface area contributed by atoms with Crippen LogP contribution in [0.25, 0.3) is 0 Å². The van der Waals surface area contributed by atoms with Gasteiger partial charge in [0.15, 0.2) is 0 Å². The molecule has 0 aromatic heterocycles. The molecule has 0 saturated carbocycles. The lowest BCUT2D eigenvalue weighted by Crippen LogP contribution is -2.45. The standard InChI is InChI=1S/C21H25N3O3/c1-2-27-19-12-6-11-18(14-19)22-20(25)16-8-7-13-24(15-16)21(26)23-17-9-4-3-5-10-17/h3-6,9-12,14,16H,2,7-8,13,15H2,1H3,(H,22,25)(H,23,26). The highest BCUT2D eigenvalue weighted by atomic mass is 16.5. The molecular weight excluding hydrogens is 342 g/mol. The second kappa shape index (κ2) is 9.07. The van der Waals surface area contributed by atoms with Gasteiger partial charge in [-0.25, -0.2) is 4.79 Å². The summed E-state index contributed by atoms with van der Waals surface area (Å²) < 4.78 is 5.47. The molecule has 1 heterocycles. The molecule has 1 aliphatic rings. The molecule has 3 rings (SSSR count). The number of para-hydroxylation sites is 1. The van der Waals surface area contributed by atoms with E-state index in [0.717, 1.165) is 24.3 Å². The molecule has 27 heavy (non-hydrogen) atoms. The predicted molar refractivity (Wildman–Crippen MR) is 106 cm³/mol. The van der Waals surface area contributed by atoms with Crippen LogP contribution in [0, 0.1) is 5.92 Å². The molecule has 0 radical (unpaired) electrons. The molecule has 1 aliphatic heterocycles. The highest BCUT2D eigenvalue weighted by molar-refractivity contribution is 5.94. The zero-order chi connectivity index (χ0) is 19.1. The Kier molecular flexibility index (Phi) is 6.30. The summed E-state index contributed by atoms with van der Waals surface area (Å²) in [5.74, 6) is 0.430. The number of urea groups is 1. The first kappa shape index (κ1) is 18.8. The van der Waals surface area contributed by atoms with E-state index in [1.807, 2.05) is 61.5 Å². The van der Waals surface area contributed by atoms with Gasteiger partial charge in [0.05, 0.1) is 12.5 Å². The molecular formula is C21H25N3O3. The van der Waals surface area contributed by atoms with E-state index in [-0.39, 0.29) is 17.9 Å². The maximum absolute atomic E-state index is 12.7. The van der Waals surface area contributed by atoms with Gasteiger partial charge in [-0.2, -0.15) is 0 Å². The van der Waals surface area contributed by atoms with Crippen LogP contribution in [-0.2, 0) is 4.79 Å². The Morgan fingerprint density at radius 3 is 2.63 bits per heavy atom. The summed E-state index contributed by atoms with van der Waals surface area (Å²) in [5, 5.41) is 5.82. The van der Waals surface area contributed by atoms with Crippen LogP contribution in [-0.4, -0.2) is 36.5 Å². The molecule has 2 N–H and O–H groups in total. The topological polar surface area (TPSA) is 70.7 Å². The Morgan fingerprint density at radius 2 is 1.85 bits per heavy atom. The number of likely N-dealkylation sites (tertiary alicyclic amines) is 1. The van der Waals surface area contributed by atoms with Gasteiger partial charge in [-0.15, -0.1) is 0 Å². The number of hydrogen-bond acceptors (Lipinski definition) is 3. The molecule has 3 amide bonds. The molecule has 0 spiro atoms. The van der Waals surface area contributed by atoms with Gasteiger partial charge in [-0.1, -0.05) is 24.3 Å².